The number of fused-ring (bicyclic) bond motifs is 1. The van der Waals surface area contributed by atoms with Gasteiger partial charge in [0.2, 0.25) is 5.91 Å². The molecule has 0 saturated carbocycles. The molecule has 0 unspecified atom stereocenters. The molecule has 0 aliphatic carbocycles. The molecule has 6 heteroatoms. The van der Waals surface area contributed by atoms with Gasteiger partial charge in [-0.1, -0.05) is 18.2 Å². The van der Waals surface area contributed by atoms with Crippen LogP contribution in [0.1, 0.15) is 22.8 Å². The van der Waals surface area contributed by atoms with Gasteiger partial charge in [-0.3, -0.25) is 9.59 Å². The summed E-state index contributed by atoms with van der Waals surface area (Å²) in [6, 6.07) is 9.14. The maximum atomic E-state index is 14.0. The van der Waals surface area contributed by atoms with Gasteiger partial charge >= 0.3 is 0 Å². The first-order valence-corrected chi connectivity index (χ1v) is 7.47. The lowest BCUT2D eigenvalue weighted by molar-refractivity contribution is -0.121. The molecule has 1 atom stereocenters. The highest BCUT2D eigenvalue weighted by Crippen LogP contribution is 2.28. The van der Waals surface area contributed by atoms with Gasteiger partial charge in [0.15, 0.2) is 5.78 Å². The topological polar surface area (TPSA) is 55.4 Å². The van der Waals surface area contributed by atoms with Crippen LogP contribution >= 0.6 is 0 Å². The van der Waals surface area contributed by atoms with Crippen molar-refractivity contribution in [1.82, 2.24) is 0 Å². The van der Waals surface area contributed by atoms with E-state index in [2.05, 4.69) is 5.32 Å². The average molecular weight is 331 g/mol. The fourth-order valence-electron chi connectivity index (χ4n) is 2.62. The minimum absolute atomic E-state index is 0.0853. The Labute approximate surface area is 137 Å². The fourth-order valence-corrected chi connectivity index (χ4v) is 2.62. The molecule has 1 aliphatic heterocycles. The Balaban J connectivity index is 1.78. The number of rotatable bonds is 3. The van der Waals surface area contributed by atoms with Crippen LogP contribution in [0.5, 0.6) is 5.75 Å². The number of para-hydroxylation sites is 1. The summed E-state index contributed by atoms with van der Waals surface area (Å²) in [6.45, 7) is 1.35. The number of amides is 1. The fraction of sp³-hybridized carbons (Fsp3) is 0.222. The van der Waals surface area contributed by atoms with Crippen LogP contribution in [0.2, 0.25) is 0 Å². The molecular formula is C18H15F2NO3. The zero-order chi connectivity index (χ0) is 17.3. The minimum atomic E-state index is -0.981. The van der Waals surface area contributed by atoms with Crippen molar-refractivity contribution in [2.24, 2.45) is 5.92 Å². The van der Waals surface area contributed by atoms with E-state index in [-0.39, 0.29) is 12.2 Å². The van der Waals surface area contributed by atoms with Crippen molar-refractivity contribution < 1.29 is 23.1 Å². The second-order valence-corrected chi connectivity index (χ2v) is 5.68. The normalized spacial score (nSPS) is 16.0. The summed E-state index contributed by atoms with van der Waals surface area (Å²) in [5, 5.41) is 2.26. The van der Waals surface area contributed by atoms with Crippen molar-refractivity contribution in [2.75, 3.05) is 11.9 Å². The molecule has 124 valence electrons. The predicted octanol–water partition coefficient (Wildman–Crippen LogP) is 3.36. The Morgan fingerprint density at radius 3 is 2.50 bits per heavy atom. The van der Waals surface area contributed by atoms with Crippen LogP contribution in [0.25, 0.3) is 0 Å². The molecule has 0 saturated heterocycles. The lowest BCUT2D eigenvalue weighted by Gasteiger charge is -2.24. The van der Waals surface area contributed by atoms with E-state index in [9.17, 15) is 18.4 Å². The smallest absolute Gasteiger partial charge is 0.231 e. The van der Waals surface area contributed by atoms with Crippen molar-refractivity contribution in [2.45, 2.75) is 13.3 Å². The maximum absolute atomic E-state index is 14.0. The van der Waals surface area contributed by atoms with Crippen molar-refractivity contribution in [3.63, 3.8) is 0 Å². The average Bonchev–Trinajstić information content (AvgIpc) is 2.57. The molecule has 1 aliphatic rings. The van der Waals surface area contributed by atoms with E-state index in [0.717, 1.165) is 17.7 Å². The molecule has 4 nitrogen and oxygen atoms in total. The Morgan fingerprint density at radius 1 is 1.17 bits per heavy atom. The van der Waals surface area contributed by atoms with Gasteiger partial charge < -0.3 is 10.1 Å². The minimum Gasteiger partial charge on any atom is -0.492 e. The SMILES string of the molecule is CC(=O)c1cc(F)c(NC(=O)[C@@H]2COc3ccccc3C2)c(F)c1. The van der Waals surface area contributed by atoms with Gasteiger partial charge in [-0.15, -0.1) is 0 Å². The van der Waals surface area contributed by atoms with Crippen LogP contribution < -0.4 is 10.1 Å². The van der Waals surface area contributed by atoms with E-state index in [1.54, 1.807) is 0 Å². The van der Waals surface area contributed by atoms with Crippen molar-refractivity contribution in [3.8, 4) is 5.75 Å². The van der Waals surface area contributed by atoms with Crippen molar-refractivity contribution in [1.29, 1.82) is 0 Å². The number of nitrogens with one attached hydrogen (secondary N) is 1. The van der Waals surface area contributed by atoms with E-state index in [1.807, 2.05) is 24.3 Å². The first kappa shape index (κ1) is 16.1. The summed E-state index contributed by atoms with van der Waals surface area (Å²) in [4.78, 5) is 23.5. The zero-order valence-electron chi connectivity index (χ0n) is 12.9. The zero-order valence-corrected chi connectivity index (χ0v) is 12.9. The molecule has 24 heavy (non-hydrogen) atoms. The maximum Gasteiger partial charge on any atom is 0.231 e. The molecule has 2 aromatic carbocycles. The second-order valence-electron chi connectivity index (χ2n) is 5.68. The third-order valence-corrected chi connectivity index (χ3v) is 3.95. The van der Waals surface area contributed by atoms with E-state index >= 15 is 0 Å². The highest BCUT2D eigenvalue weighted by Gasteiger charge is 2.27. The Bertz CT molecular complexity index is 797. The first-order chi connectivity index (χ1) is 11.5. The summed E-state index contributed by atoms with van der Waals surface area (Å²) >= 11 is 0. The van der Waals surface area contributed by atoms with Crippen molar-refractivity contribution >= 4 is 17.4 Å². The lowest BCUT2D eigenvalue weighted by Crippen LogP contribution is -2.33. The van der Waals surface area contributed by atoms with Gasteiger partial charge in [0.25, 0.3) is 0 Å². The van der Waals surface area contributed by atoms with E-state index in [4.69, 9.17) is 4.74 Å². The summed E-state index contributed by atoms with van der Waals surface area (Å²) in [6.07, 6.45) is 0.427. The summed E-state index contributed by atoms with van der Waals surface area (Å²) < 4.78 is 33.5. The quantitative estimate of drug-likeness (QED) is 0.878. The number of hydrogen-bond acceptors (Lipinski definition) is 3. The standard InChI is InChI=1S/C18H15F2NO3/c1-10(22)12-7-14(19)17(15(20)8-12)21-18(23)13-6-11-4-2-3-5-16(11)24-9-13/h2-5,7-8,13H,6,9H2,1H3,(H,21,23)/t13-/m0/s1. The van der Waals surface area contributed by atoms with Gasteiger partial charge in [0.05, 0.1) is 5.92 Å². The predicted molar refractivity (Wildman–Crippen MR) is 84.1 cm³/mol. The van der Waals surface area contributed by atoms with Crippen molar-refractivity contribution in [3.05, 3.63) is 59.2 Å². The molecule has 0 fully saturated rings. The molecule has 1 heterocycles. The number of Topliss-reactive ketones (excluding diaryl/α,β-unsaturated/α-hetero) is 1. The molecule has 2 aromatic rings. The third kappa shape index (κ3) is 3.13. The lowest BCUT2D eigenvalue weighted by atomic mass is 9.96. The number of carbonyl (C=O) groups excluding carboxylic acids is 2. The molecule has 1 amide bonds. The Kier molecular flexibility index (Phi) is 4.29. The molecule has 3 rings (SSSR count). The highest BCUT2D eigenvalue weighted by atomic mass is 19.1. The largest absolute Gasteiger partial charge is 0.492 e. The number of ketones is 1. The van der Waals surface area contributed by atoms with Crippen LogP contribution in [0, 0.1) is 17.6 Å². The van der Waals surface area contributed by atoms with Crippen LogP contribution in [0.4, 0.5) is 14.5 Å². The number of hydrogen-bond donors (Lipinski definition) is 1. The van der Waals surface area contributed by atoms with Crippen LogP contribution in [0.15, 0.2) is 36.4 Å². The second kappa shape index (κ2) is 6.39. The number of halogens is 2. The Morgan fingerprint density at radius 2 is 1.83 bits per heavy atom. The van der Waals surface area contributed by atoms with Crippen LogP contribution in [-0.4, -0.2) is 18.3 Å². The molecule has 0 spiro atoms. The van der Waals surface area contributed by atoms with Gasteiger partial charge in [0, 0.05) is 5.56 Å². The summed E-state index contributed by atoms with van der Waals surface area (Å²) in [7, 11) is 0. The van der Waals surface area contributed by atoms with Gasteiger partial charge in [-0.05, 0) is 37.1 Å². The molecule has 0 radical (unpaired) electrons. The number of ether oxygens (including phenoxy) is 1. The molecule has 0 aromatic heterocycles. The number of benzene rings is 2. The van der Waals surface area contributed by atoms with Gasteiger partial charge in [-0.2, -0.15) is 0 Å². The van der Waals surface area contributed by atoms with Crippen LogP contribution in [0.3, 0.4) is 0 Å². The summed E-state index contributed by atoms with van der Waals surface area (Å²) in [5.74, 6) is -2.78. The monoisotopic (exact) mass is 331 g/mol. The number of carbonyl (C=O) groups is 2. The van der Waals surface area contributed by atoms with E-state index in [1.165, 1.54) is 6.92 Å². The molecular weight excluding hydrogens is 316 g/mol. The first-order valence-electron chi connectivity index (χ1n) is 7.47. The molecule has 0 bridgehead atoms. The van der Waals surface area contributed by atoms with E-state index < -0.39 is 34.9 Å². The van der Waals surface area contributed by atoms with Gasteiger partial charge in [-0.25, -0.2) is 8.78 Å². The molecule has 1 N–H and O–H groups in total. The number of anilines is 1. The van der Waals surface area contributed by atoms with Gasteiger partial charge in [0.1, 0.15) is 29.7 Å². The van der Waals surface area contributed by atoms with Crippen LogP contribution in [-0.2, 0) is 11.2 Å². The summed E-state index contributed by atoms with van der Waals surface area (Å²) in [5.41, 5.74) is 0.235. The Hall–Kier alpha value is -2.76. The third-order valence-electron chi connectivity index (χ3n) is 3.95. The highest BCUT2D eigenvalue weighted by molar-refractivity contribution is 5.96. The van der Waals surface area contributed by atoms with E-state index in [0.29, 0.717) is 12.2 Å².